The molecule has 2 nitrogen and oxygen atoms in total. The summed E-state index contributed by atoms with van der Waals surface area (Å²) in [5.74, 6) is 0. The maximum absolute atomic E-state index is 4.97. The van der Waals surface area contributed by atoms with Gasteiger partial charge in [-0.05, 0) is 48.0 Å². The highest BCUT2D eigenvalue weighted by atomic mass is 79.9. The summed E-state index contributed by atoms with van der Waals surface area (Å²) in [7, 11) is 1.73. The smallest absolute Gasteiger partial charge is 0.0701 e. The maximum Gasteiger partial charge on any atom is 0.0701 e. The fraction of sp³-hybridized carbons (Fsp3) is 0.538. The van der Waals surface area contributed by atoms with Crippen LogP contribution in [0.25, 0.3) is 0 Å². The van der Waals surface area contributed by atoms with Crippen molar-refractivity contribution in [1.29, 1.82) is 0 Å². The molecule has 0 fully saturated rings. The minimum absolute atomic E-state index is 0.784. The molecule has 0 saturated heterocycles. The second-order valence-electron chi connectivity index (χ2n) is 3.96. The molecule has 1 rings (SSSR count). The SMILES string of the molecule is COCCNCCC=C(C)Cc1ccc(Br)s1. The van der Waals surface area contributed by atoms with Crippen LogP contribution in [0.15, 0.2) is 27.6 Å². The van der Waals surface area contributed by atoms with Crippen LogP contribution in [0.5, 0.6) is 0 Å². The van der Waals surface area contributed by atoms with Gasteiger partial charge in [0.15, 0.2) is 0 Å². The van der Waals surface area contributed by atoms with Gasteiger partial charge in [-0.2, -0.15) is 0 Å². The lowest BCUT2D eigenvalue weighted by Gasteiger charge is -2.02. The predicted octanol–water partition coefficient (Wildman–Crippen LogP) is 3.63. The van der Waals surface area contributed by atoms with Crippen LogP contribution in [-0.2, 0) is 11.2 Å². The van der Waals surface area contributed by atoms with Gasteiger partial charge in [0.05, 0.1) is 10.4 Å². The Balaban J connectivity index is 2.16. The molecule has 0 amide bonds. The van der Waals surface area contributed by atoms with Crippen LogP contribution in [0.3, 0.4) is 0 Å². The van der Waals surface area contributed by atoms with E-state index in [1.54, 1.807) is 7.11 Å². The number of allylic oxidation sites excluding steroid dienone is 1. The maximum atomic E-state index is 4.97. The molecular formula is C13H20BrNOS. The van der Waals surface area contributed by atoms with Crippen LogP contribution in [0.1, 0.15) is 18.2 Å². The van der Waals surface area contributed by atoms with E-state index in [2.05, 4.69) is 46.4 Å². The van der Waals surface area contributed by atoms with Crippen LogP contribution >= 0.6 is 27.3 Å². The second kappa shape index (κ2) is 8.86. The van der Waals surface area contributed by atoms with Gasteiger partial charge in [0.1, 0.15) is 0 Å². The number of ether oxygens (including phenoxy) is 1. The Labute approximate surface area is 116 Å². The Kier molecular flexibility index (Phi) is 7.77. The van der Waals surface area contributed by atoms with Gasteiger partial charge < -0.3 is 10.1 Å². The van der Waals surface area contributed by atoms with E-state index >= 15 is 0 Å². The minimum Gasteiger partial charge on any atom is -0.383 e. The van der Waals surface area contributed by atoms with E-state index in [0.29, 0.717) is 0 Å². The van der Waals surface area contributed by atoms with Gasteiger partial charge in [-0.3, -0.25) is 0 Å². The summed E-state index contributed by atoms with van der Waals surface area (Å²) in [6.45, 7) is 4.94. The van der Waals surface area contributed by atoms with E-state index < -0.39 is 0 Å². The Morgan fingerprint density at radius 1 is 1.47 bits per heavy atom. The molecule has 0 saturated carbocycles. The molecule has 0 atom stereocenters. The van der Waals surface area contributed by atoms with E-state index in [4.69, 9.17) is 4.74 Å². The largest absolute Gasteiger partial charge is 0.383 e. The summed E-state index contributed by atoms with van der Waals surface area (Å²) in [4.78, 5) is 1.41. The van der Waals surface area contributed by atoms with Crippen molar-refractivity contribution in [2.75, 3.05) is 26.8 Å². The number of nitrogens with one attached hydrogen (secondary N) is 1. The third-order valence-corrected chi connectivity index (χ3v) is 4.00. The zero-order valence-corrected chi connectivity index (χ0v) is 12.9. The Morgan fingerprint density at radius 3 is 2.94 bits per heavy atom. The zero-order valence-electron chi connectivity index (χ0n) is 10.5. The van der Waals surface area contributed by atoms with Crippen LogP contribution < -0.4 is 5.32 Å². The van der Waals surface area contributed by atoms with Crippen LogP contribution in [0, 0.1) is 0 Å². The highest BCUT2D eigenvalue weighted by Crippen LogP contribution is 2.24. The van der Waals surface area contributed by atoms with Gasteiger partial charge in [-0.25, -0.2) is 0 Å². The first-order valence-corrected chi connectivity index (χ1v) is 7.43. The highest BCUT2D eigenvalue weighted by Gasteiger charge is 1.98. The number of hydrogen-bond donors (Lipinski definition) is 1. The number of rotatable bonds is 8. The summed E-state index contributed by atoms with van der Waals surface area (Å²) in [5.41, 5.74) is 1.44. The molecule has 1 aromatic heterocycles. The fourth-order valence-electron chi connectivity index (χ4n) is 1.51. The van der Waals surface area contributed by atoms with Crippen molar-refractivity contribution in [3.05, 3.63) is 32.4 Å². The lowest BCUT2D eigenvalue weighted by Crippen LogP contribution is -2.19. The summed E-state index contributed by atoms with van der Waals surface area (Å²) in [6, 6.07) is 4.29. The van der Waals surface area contributed by atoms with E-state index in [-0.39, 0.29) is 0 Å². The van der Waals surface area contributed by atoms with Gasteiger partial charge in [0.2, 0.25) is 0 Å². The average Bonchev–Trinajstić information content (AvgIpc) is 2.69. The number of hydrogen-bond acceptors (Lipinski definition) is 3. The van der Waals surface area contributed by atoms with Crippen LogP contribution in [-0.4, -0.2) is 26.8 Å². The first-order valence-electron chi connectivity index (χ1n) is 5.82. The lowest BCUT2D eigenvalue weighted by molar-refractivity contribution is 0.199. The van der Waals surface area contributed by atoms with E-state index in [1.165, 1.54) is 14.2 Å². The van der Waals surface area contributed by atoms with Crippen molar-refractivity contribution < 1.29 is 4.74 Å². The quantitative estimate of drug-likeness (QED) is 0.584. The van der Waals surface area contributed by atoms with Crippen molar-refractivity contribution in [3.8, 4) is 0 Å². The molecule has 1 N–H and O–H groups in total. The number of thiophene rings is 1. The fourth-order valence-corrected chi connectivity index (χ4v) is 3.09. The summed E-state index contributed by atoms with van der Waals surface area (Å²) in [5, 5.41) is 3.34. The lowest BCUT2D eigenvalue weighted by atomic mass is 10.1. The van der Waals surface area contributed by atoms with E-state index in [0.717, 1.165) is 32.5 Å². The zero-order chi connectivity index (χ0) is 12.5. The molecule has 1 aromatic rings. The van der Waals surface area contributed by atoms with Gasteiger partial charge in [-0.15, -0.1) is 11.3 Å². The molecule has 1 heterocycles. The summed E-state index contributed by atoms with van der Waals surface area (Å²) < 4.78 is 6.18. The molecule has 96 valence electrons. The third kappa shape index (κ3) is 6.99. The van der Waals surface area contributed by atoms with Gasteiger partial charge in [-0.1, -0.05) is 11.6 Å². The molecule has 0 aliphatic rings. The van der Waals surface area contributed by atoms with Crippen LogP contribution in [0.2, 0.25) is 0 Å². The molecule has 0 spiro atoms. The Bertz CT molecular complexity index is 349. The average molecular weight is 318 g/mol. The molecule has 4 heteroatoms. The van der Waals surface area contributed by atoms with Crippen molar-refractivity contribution in [2.24, 2.45) is 0 Å². The molecule has 0 unspecified atom stereocenters. The first-order chi connectivity index (χ1) is 8.22. The Hall–Kier alpha value is -0.160. The van der Waals surface area contributed by atoms with Crippen LogP contribution in [0.4, 0.5) is 0 Å². The number of halogens is 1. The minimum atomic E-state index is 0.784. The first kappa shape index (κ1) is 14.9. The standard InChI is InChI=1S/C13H20BrNOS/c1-11(4-3-7-15-8-9-16-2)10-12-5-6-13(14)17-12/h4-6,15H,3,7-10H2,1-2H3. The molecule has 0 aromatic carbocycles. The predicted molar refractivity (Wildman–Crippen MR) is 78.8 cm³/mol. The van der Waals surface area contributed by atoms with Gasteiger partial charge in [0.25, 0.3) is 0 Å². The molecular weight excluding hydrogens is 298 g/mol. The molecule has 0 aliphatic carbocycles. The van der Waals surface area contributed by atoms with Crippen molar-refractivity contribution in [1.82, 2.24) is 5.32 Å². The third-order valence-electron chi connectivity index (χ3n) is 2.38. The normalized spacial score (nSPS) is 12.1. The van der Waals surface area contributed by atoms with Crippen molar-refractivity contribution in [3.63, 3.8) is 0 Å². The van der Waals surface area contributed by atoms with Gasteiger partial charge in [0, 0.05) is 25.0 Å². The topological polar surface area (TPSA) is 21.3 Å². The van der Waals surface area contributed by atoms with E-state index in [9.17, 15) is 0 Å². The highest BCUT2D eigenvalue weighted by molar-refractivity contribution is 9.11. The van der Waals surface area contributed by atoms with Gasteiger partial charge >= 0.3 is 0 Å². The molecule has 0 radical (unpaired) electrons. The monoisotopic (exact) mass is 317 g/mol. The molecule has 0 aliphatic heterocycles. The second-order valence-corrected chi connectivity index (χ2v) is 6.51. The molecule has 17 heavy (non-hydrogen) atoms. The van der Waals surface area contributed by atoms with Crippen molar-refractivity contribution in [2.45, 2.75) is 19.8 Å². The number of methoxy groups -OCH3 is 1. The van der Waals surface area contributed by atoms with E-state index in [1.807, 2.05) is 11.3 Å². The Morgan fingerprint density at radius 2 is 2.29 bits per heavy atom. The van der Waals surface area contributed by atoms with Crippen molar-refractivity contribution >= 4 is 27.3 Å². The summed E-state index contributed by atoms with van der Waals surface area (Å²) in [6.07, 6.45) is 4.46. The summed E-state index contributed by atoms with van der Waals surface area (Å²) >= 11 is 5.30. The molecule has 0 bridgehead atoms.